The topological polar surface area (TPSA) is 85.3 Å². The second-order valence-electron chi connectivity index (χ2n) is 5.21. The molecule has 4 rings (SSSR count). The van der Waals surface area contributed by atoms with Crippen molar-refractivity contribution in [3.8, 4) is 0 Å². The number of para-hydroxylation sites is 1. The van der Waals surface area contributed by atoms with E-state index >= 15 is 0 Å². The number of benzene rings is 2. The second-order valence-corrected chi connectivity index (χ2v) is 5.21. The molecule has 6 nitrogen and oxygen atoms in total. The third-order valence-electron chi connectivity index (χ3n) is 3.72. The zero-order valence-electron chi connectivity index (χ0n) is 12.4. The predicted molar refractivity (Wildman–Crippen MR) is 90.1 cm³/mol. The Balaban J connectivity index is 0.000000140. The monoisotopic (exact) mass is 308 g/mol. The number of non-ortho nitro benzene ring substituents is 1. The number of nitrogens with zero attached hydrogens (tertiary/aromatic N) is 3. The van der Waals surface area contributed by atoms with Gasteiger partial charge in [0.2, 0.25) is 0 Å². The fourth-order valence-corrected chi connectivity index (χ4v) is 2.54. The minimum Gasteiger partial charge on any atom is -0.310 e. The Hall–Kier alpha value is -2.99. The molecular weight excluding hydrogens is 292 g/mol. The van der Waals surface area contributed by atoms with E-state index in [1.807, 2.05) is 30.5 Å². The van der Waals surface area contributed by atoms with Gasteiger partial charge in [-0.05, 0) is 30.2 Å². The second kappa shape index (κ2) is 6.41. The molecule has 2 aromatic carbocycles. The normalized spacial score (nSPS) is 12.5. The highest BCUT2D eigenvalue weighted by molar-refractivity contribution is 5.77. The Morgan fingerprint density at radius 3 is 2.70 bits per heavy atom. The SMILES string of the molecule is NN1CCc2cc([N+](=O)[O-])ccc21.c1ccc2ncccc2c1. The van der Waals surface area contributed by atoms with Crippen LogP contribution < -0.4 is 10.9 Å². The smallest absolute Gasteiger partial charge is 0.269 e. The average molecular weight is 308 g/mol. The van der Waals surface area contributed by atoms with Gasteiger partial charge in [-0.2, -0.15) is 0 Å². The molecule has 1 aliphatic heterocycles. The molecule has 0 spiro atoms. The van der Waals surface area contributed by atoms with E-state index in [9.17, 15) is 10.1 Å². The molecule has 0 radical (unpaired) electrons. The van der Waals surface area contributed by atoms with Gasteiger partial charge >= 0.3 is 0 Å². The van der Waals surface area contributed by atoms with Crippen LogP contribution in [0.1, 0.15) is 5.56 Å². The molecule has 0 amide bonds. The van der Waals surface area contributed by atoms with Crippen LogP contribution in [0.15, 0.2) is 60.8 Å². The van der Waals surface area contributed by atoms with E-state index in [0.29, 0.717) is 0 Å². The lowest BCUT2D eigenvalue weighted by atomic mass is 10.1. The zero-order chi connectivity index (χ0) is 16.2. The summed E-state index contributed by atoms with van der Waals surface area (Å²) in [4.78, 5) is 14.2. The molecule has 6 heteroatoms. The molecule has 0 aliphatic carbocycles. The van der Waals surface area contributed by atoms with Gasteiger partial charge in [-0.3, -0.25) is 15.1 Å². The molecule has 1 aliphatic rings. The van der Waals surface area contributed by atoms with Crippen LogP contribution in [0.3, 0.4) is 0 Å². The van der Waals surface area contributed by atoms with Gasteiger partial charge in [-0.25, -0.2) is 5.84 Å². The van der Waals surface area contributed by atoms with Crippen LogP contribution in [0.4, 0.5) is 11.4 Å². The van der Waals surface area contributed by atoms with Gasteiger partial charge < -0.3 is 5.01 Å². The minimum atomic E-state index is -0.389. The van der Waals surface area contributed by atoms with Crippen molar-refractivity contribution < 1.29 is 4.92 Å². The largest absolute Gasteiger partial charge is 0.310 e. The van der Waals surface area contributed by atoms with E-state index in [1.54, 1.807) is 17.1 Å². The predicted octanol–water partition coefficient (Wildman–Crippen LogP) is 3.07. The summed E-state index contributed by atoms with van der Waals surface area (Å²) < 4.78 is 0. The maximum atomic E-state index is 10.4. The standard InChI is InChI=1S/C9H7N.C8H9N3O2/c1-2-6-9-8(4-1)5-3-7-10-9;9-10-4-3-6-5-7(11(12)13)1-2-8(6)10/h1-7H;1-2,5H,3-4,9H2. The van der Waals surface area contributed by atoms with Crippen molar-refractivity contribution in [2.24, 2.45) is 5.84 Å². The summed E-state index contributed by atoms with van der Waals surface area (Å²) in [7, 11) is 0. The summed E-state index contributed by atoms with van der Waals surface area (Å²) in [5.41, 5.74) is 3.04. The fourth-order valence-electron chi connectivity index (χ4n) is 2.54. The molecule has 0 saturated carbocycles. The first-order valence-corrected chi connectivity index (χ1v) is 7.24. The lowest BCUT2D eigenvalue weighted by molar-refractivity contribution is -0.384. The summed E-state index contributed by atoms with van der Waals surface area (Å²) in [5, 5.41) is 13.3. The number of nitrogens with two attached hydrogens (primary N) is 1. The van der Waals surface area contributed by atoms with Gasteiger partial charge in [0.1, 0.15) is 0 Å². The van der Waals surface area contributed by atoms with Crippen molar-refractivity contribution in [2.75, 3.05) is 11.6 Å². The van der Waals surface area contributed by atoms with E-state index in [2.05, 4.69) is 17.1 Å². The van der Waals surface area contributed by atoms with Crippen LogP contribution in [0.25, 0.3) is 10.9 Å². The van der Waals surface area contributed by atoms with Crippen LogP contribution >= 0.6 is 0 Å². The number of aromatic nitrogens is 1. The summed E-state index contributed by atoms with van der Waals surface area (Å²) in [5.74, 6) is 5.64. The van der Waals surface area contributed by atoms with Crippen LogP contribution in [0.5, 0.6) is 0 Å². The highest BCUT2D eigenvalue weighted by atomic mass is 16.6. The van der Waals surface area contributed by atoms with Crippen molar-refractivity contribution >= 4 is 22.3 Å². The molecule has 0 bridgehead atoms. The summed E-state index contributed by atoms with van der Waals surface area (Å²) in [6.07, 6.45) is 2.59. The van der Waals surface area contributed by atoms with Gasteiger partial charge in [-0.1, -0.05) is 24.3 Å². The van der Waals surface area contributed by atoms with Crippen LogP contribution in [0.2, 0.25) is 0 Å². The number of anilines is 1. The third kappa shape index (κ3) is 3.27. The number of nitro benzene ring substituents is 1. The third-order valence-corrected chi connectivity index (χ3v) is 3.72. The van der Waals surface area contributed by atoms with E-state index in [0.717, 1.165) is 29.7 Å². The average Bonchev–Trinajstić information content (AvgIpc) is 2.96. The van der Waals surface area contributed by atoms with Crippen LogP contribution in [0, 0.1) is 10.1 Å². The van der Waals surface area contributed by atoms with E-state index in [4.69, 9.17) is 5.84 Å². The number of rotatable bonds is 1. The first-order valence-electron chi connectivity index (χ1n) is 7.24. The van der Waals surface area contributed by atoms with Crippen molar-refractivity contribution in [1.82, 2.24) is 4.98 Å². The first-order chi connectivity index (χ1) is 11.1. The molecule has 23 heavy (non-hydrogen) atoms. The highest BCUT2D eigenvalue weighted by Crippen LogP contribution is 2.28. The molecule has 0 unspecified atom stereocenters. The van der Waals surface area contributed by atoms with Crippen LogP contribution in [-0.2, 0) is 6.42 Å². The van der Waals surface area contributed by atoms with E-state index in [1.165, 1.54) is 11.5 Å². The van der Waals surface area contributed by atoms with Crippen molar-refractivity contribution in [2.45, 2.75) is 6.42 Å². The first kappa shape index (κ1) is 14.9. The maximum absolute atomic E-state index is 10.4. The maximum Gasteiger partial charge on any atom is 0.269 e. The molecule has 0 atom stereocenters. The number of pyridine rings is 1. The number of hydrogen-bond acceptors (Lipinski definition) is 5. The Morgan fingerprint density at radius 1 is 1.13 bits per heavy atom. The number of nitro groups is 1. The van der Waals surface area contributed by atoms with Crippen molar-refractivity contribution in [1.29, 1.82) is 0 Å². The number of fused-ring (bicyclic) bond motifs is 2. The van der Waals surface area contributed by atoms with Gasteiger partial charge in [0.05, 0.1) is 16.1 Å². The molecule has 2 heterocycles. The van der Waals surface area contributed by atoms with E-state index in [-0.39, 0.29) is 10.6 Å². The van der Waals surface area contributed by atoms with Gasteiger partial charge in [0.15, 0.2) is 0 Å². The van der Waals surface area contributed by atoms with E-state index < -0.39 is 0 Å². The molecule has 116 valence electrons. The van der Waals surface area contributed by atoms with Gasteiger partial charge in [-0.15, -0.1) is 0 Å². The summed E-state index contributed by atoms with van der Waals surface area (Å²) in [6, 6.07) is 16.8. The van der Waals surface area contributed by atoms with Crippen LogP contribution in [-0.4, -0.2) is 16.5 Å². The fraction of sp³-hybridized carbons (Fsp3) is 0.118. The lowest BCUT2D eigenvalue weighted by Gasteiger charge is -2.10. The van der Waals surface area contributed by atoms with Crippen molar-refractivity contribution in [3.05, 3.63) is 76.5 Å². The Bertz CT molecular complexity index is 785. The number of hydrazine groups is 1. The summed E-state index contributed by atoms with van der Waals surface area (Å²) >= 11 is 0. The Labute approximate surface area is 133 Å². The zero-order valence-corrected chi connectivity index (χ0v) is 12.4. The van der Waals surface area contributed by atoms with Crippen molar-refractivity contribution in [3.63, 3.8) is 0 Å². The summed E-state index contributed by atoms with van der Waals surface area (Å²) in [6.45, 7) is 0.733. The highest BCUT2D eigenvalue weighted by Gasteiger charge is 2.18. The van der Waals surface area contributed by atoms with Gasteiger partial charge in [0.25, 0.3) is 5.69 Å². The molecule has 3 aromatic rings. The molecule has 1 aromatic heterocycles. The molecule has 2 N–H and O–H groups in total. The Kier molecular flexibility index (Phi) is 4.16. The number of hydrogen-bond donors (Lipinski definition) is 1. The lowest BCUT2D eigenvalue weighted by Crippen LogP contribution is -2.27. The Morgan fingerprint density at radius 2 is 1.91 bits per heavy atom. The molecule has 0 saturated heterocycles. The quantitative estimate of drug-likeness (QED) is 0.424. The molecule has 0 fully saturated rings. The minimum absolute atomic E-state index is 0.133. The van der Waals surface area contributed by atoms with Gasteiger partial charge in [0, 0.05) is 30.3 Å². The molecular formula is C17H16N4O2.